The van der Waals surface area contributed by atoms with Gasteiger partial charge in [-0.25, -0.2) is 4.39 Å². The summed E-state index contributed by atoms with van der Waals surface area (Å²) in [5.74, 6) is -2.43. The van der Waals surface area contributed by atoms with E-state index in [1.807, 2.05) is 0 Å². The molecule has 2 aliphatic heterocycles. The zero-order valence-electron chi connectivity index (χ0n) is 19.1. The highest BCUT2D eigenvalue weighted by Gasteiger charge is 2.52. The monoisotopic (exact) mass is 522 g/mol. The molecule has 2 aliphatic rings. The van der Waals surface area contributed by atoms with E-state index in [0.29, 0.717) is 10.6 Å². The van der Waals surface area contributed by atoms with E-state index < -0.39 is 46.4 Å². The SMILES string of the molecule is CNC(=O)C1COc2cc(N3C(=S)N(c4ccc(C#N)c(C(F)(F)F)c4F)C(=O)C3(C)C)ccc2O1. The Bertz CT molecular complexity index is 1340. The van der Waals surface area contributed by atoms with E-state index in [2.05, 4.69) is 5.32 Å². The zero-order chi connectivity index (χ0) is 26.6. The number of hydrogen-bond acceptors (Lipinski definition) is 6. The molecule has 0 radical (unpaired) electrons. The maximum Gasteiger partial charge on any atom is 0.420 e. The Morgan fingerprint density at radius 1 is 1.25 bits per heavy atom. The van der Waals surface area contributed by atoms with E-state index in [1.165, 1.54) is 50.1 Å². The van der Waals surface area contributed by atoms with E-state index in [9.17, 15) is 22.8 Å². The third-order valence-corrected chi connectivity index (χ3v) is 6.18. The van der Waals surface area contributed by atoms with Crippen molar-refractivity contribution in [3.8, 4) is 17.6 Å². The highest BCUT2D eigenvalue weighted by molar-refractivity contribution is 7.81. The van der Waals surface area contributed by atoms with Crippen molar-refractivity contribution in [2.75, 3.05) is 23.5 Å². The number of thiocarbonyl (C=S) groups is 1. The average molecular weight is 522 g/mol. The van der Waals surface area contributed by atoms with Crippen molar-refractivity contribution in [2.24, 2.45) is 0 Å². The molecule has 8 nitrogen and oxygen atoms in total. The minimum absolute atomic E-state index is 0.0777. The molecule has 2 aromatic rings. The van der Waals surface area contributed by atoms with Gasteiger partial charge in [0.15, 0.2) is 22.4 Å². The van der Waals surface area contributed by atoms with Gasteiger partial charge in [0.2, 0.25) is 6.10 Å². The highest BCUT2D eigenvalue weighted by atomic mass is 32.1. The van der Waals surface area contributed by atoms with Crippen molar-refractivity contribution in [1.82, 2.24) is 5.32 Å². The molecule has 0 bridgehead atoms. The van der Waals surface area contributed by atoms with Gasteiger partial charge in [0, 0.05) is 18.8 Å². The molecule has 2 aromatic carbocycles. The molecule has 1 unspecified atom stereocenters. The Labute approximate surface area is 208 Å². The zero-order valence-corrected chi connectivity index (χ0v) is 19.9. The fourth-order valence-corrected chi connectivity index (χ4v) is 4.55. The molecule has 1 atom stereocenters. The maximum atomic E-state index is 15.1. The summed E-state index contributed by atoms with van der Waals surface area (Å²) >= 11 is 5.43. The molecule has 0 aliphatic carbocycles. The number of alkyl halides is 3. The van der Waals surface area contributed by atoms with Crippen molar-refractivity contribution in [3.63, 3.8) is 0 Å². The number of benzene rings is 2. The number of ether oxygens (including phenoxy) is 2. The quantitative estimate of drug-likeness (QED) is 0.487. The van der Waals surface area contributed by atoms with Crippen LogP contribution < -0.4 is 24.6 Å². The molecule has 0 aromatic heterocycles. The number of nitrogens with zero attached hydrogens (tertiary/aromatic N) is 3. The first kappa shape index (κ1) is 25.2. The number of anilines is 2. The molecule has 0 spiro atoms. The second-order valence-electron chi connectivity index (χ2n) is 8.41. The van der Waals surface area contributed by atoms with E-state index >= 15 is 4.39 Å². The molecule has 36 heavy (non-hydrogen) atoms. The second kappa shape index (κ2) is 8.63. The molecule has 2 heterocycles. The minimum atomic E-state index is -5.17. The first-order valence-electron chi connectivity index (χ1n) is 10.5. The van der Waals surface area contributed by atoms with Crippen LogP contribution in [0.1, 0.15) is 25.0 Å². The number of carbonyl (C=O) groups is 2. The summed E-state index contributed by atoms with van der Waals surface area (Å²) in [6.07, 6.45) is -6.04. The molecule has 2 amide bonds. The number of hydrogen-bond donors (Lipinski definition) is 1. The summed E-state index contributed by atoms with van der Waals surface area (Å²) in [5.41, 5.74) is -4.52. The molecule has 188 valence electrons. The van der Waals surface area contributed by atoms with Crippen LogP contribution in [0.25, 0.3) is 0 Å². The van der Waals surface area contributed by atoms with Crippen LogP contribution in [0.4, 0.5) is 28.9 Å². The van der Waals surface area contributed by atoms with Gasteiger partial charge in [-0.2, -0.15) is 18.4 Å². The van der Waals surface area contributed by atoms with Gasteiger partial charge < -0.3 is 19.7 Å². The first-order valence-corrected chi connectivity index (χ1v) is 10.9. The molecule has 13 heteroatoms. The summed E-state index contributed by atoms with van der Waals surface area (Å²) in [5, 5.41) is 11.2. The lowest BCUT2D eigenvalue weighted by molar-refractivity contribution is -0.140. The lowest BCUT2D eigenvalue weighted by Gasteiger charge is -2.31. The number of amides is 2. The van der Waals surface area contributed by atoms with Crippen LogP contribution in [0, 0.1) is 17.1 Å². The summed E-state index contributed by atoms with van der Waals surface area (Å²) in [6, 6.07) is 7.54. The van der Waals surface area contributed by atoms with Crippen LogP contribution in [-0.4, -0.2) is 42.2 Å². The van der Waals surface area contributed by atoms with Crippen LogP contribution in [0.5, 0.6) is 11.5 Å². The summed E-state index contributed by atoms with van der Waals surface area (Å²) in [7, 11) is 1.46. The largest absolute Gasteiger partial charge is 0.485 e. The van der Waals surface area contributed by atoms with Gasteiger partial charge >= 0.3 is 6.18 Å². The molecule has 4 rings (SSSR count). The van der Waals surface area contributed by atoms with Crippen LogP contribution in [0.2, 0.25) is 0 Å². The molecular weight excluding hydrogens is 504 g/mol. The van der Waals surface area contributed by atoms with Crippen molar-refractivity contribution in [1.29, 1.82) is 5.26 Å². The number of carbonyl (C=O) groups excluding carboxylic acids is 2. The van der Waals surface area contributed by atoms with Crippen molar-refractivity contribution >= 4 is 40.5 Å². The van der Waals surface area contributed by atoms with Gasteiger partial charge in [-0.1, -0.05) is 0 Å². The lowest BCUT2D eigenvalue weighted by atomic mass is 10.0. The number of likely N-dealkylation sites (N-methyl/N-ethyl adjacent to an activating group) is 1. The maximum absolute atomic E-state index is 15.1. The lowest BCUT2D eigenvalue weighted by Crippen LogP contribution is -2.44. The number of halogens is 4. The molecule has 0 saturated carbocycles. The normalized spacial score (nSPS) is 18.8. The first-order chi connectivity index (χ1) is 16.8. The van der Waals surface area contributed by atoms with E-state index in [4.69, 9.17) is 27.0 Å². The van der Waals surface area contributed by atoms with Crippen molar-refractivity contribution in [2.45, 2.75) is 31.7 Å². The summed E-state index contributed by atoms with van der Waals surface area (Å²) < 4.78 is 67.0. The van der Waals surface area contributed by atoms with Crippen LogP contribution in [0.3, 0.4) is 0 Å². The summed E-state index contributed by atoms with van der Waals surface area (Å²) in [6.45, 7) is 2.88. The Kier molecular flexibility index (Phi) is 6.04. The molecule has 1 fully saturated rings. The molecule has 1 N–H and O–H groups in total. The van der Waals surface area contributed by atoms with E-state index in [0.717, 1.165) is 12.1 Å². The van der Waals surface area contributed by atoms with Crippen molar-refractivity contribution in [3.05, 3.63) is 47.3 Å². The van der Waals surface area contributed by atoms with Crippen LogP contribution >= 0.6 is 12.2 Å². The fraction of sp³-hybridized carbons (Fsp3) is 0.304. The second-order valence-corrected chi connectivity index (χ2v) is 8.78. The van der Waals surface area contributed by atoms with Gasteiger partial charge in [-0.3, -0.25) is 14.5 Å². The molecule has 1 saturated heterocycles. The number of nitrogens with one attached hydrogen (secondary N) is 1. The van der Waals surface area contributed by atoms with Crippen LogP contribution in [0.15, 0.2) is 30.3 Å². The third-order valence-electron chi connectivity index (χ3n) is 5.82. The Morgan fingerprint density at radius 2 is 1.94 bits per heavy atom. The minimum Gasteiger partial charge on any atom is -0.485 e. The fourth-order valence-electron chi connectivity index (χ4n) is 4.04. The van der Waals surface area contributed by atoms with Crippen molar-refractivity contribution < 1.29 is 36.6 Å². The standard InChI is InChI=1S/C23H18F4N4O4S/c1-22(2)20(33)30(13-6-4-11(9-28)17(18(13)24)23(25,26)27)21(36)31(22)12-5-7-14-15(8-12)34-10-16(35-14)19(32)29-3/h4-8,16H,10H2,1-3H3,(H,29,32). The van der Waals surface area contributed by atoms with Gasteiger partial charge in [0.05, 0.1) is 17.3 Å². The van der Waals surface area contributed by atoms with Gasteiger partial charge in [-0.15, -0.1) is 0 Å². The number of rotatable bonds is 3. The predicted molar refractivity (Wildman–Crippen MR) is 123 cm³/mol. The Hall–Kier alpha value is -3.92. The third kappa shape index (κ3) is 3.87. The van der Waals surface area contributed by atoms with Crippen LogP contribution in [-0.2, 0) is 15.8 Å². The van der Waals surface area contributed by atoms with Gasteiger partial charge in [-0.05, 0) is 50.3 Å². The summed E-state index contributed by atoms with van der Waals surface area (Å²) in [4.78, 5) is 27.2. The smallest absolute Gasteiger partial charge is 0.420 e. The Balaban J connectivity index is 1.75. The van der Waals surface area contributed by atoms with E-state index in [-0.39, 0.29) is 29.1 Å². The highest BCUT2D eigenvalue weighted by Crippen LogP contribution is 2.43. The Morgan fingerprint density at radius 3 is 2.56 bits per heavy atom. The van der Waals surface area contributed by atoms with E-state index in [1.54, 1.807) is 0 Å². The number of nitriles is 1. The predicted octanol–water partition coefficient (Wildman–Crippen LogP) is 3.52. The molecular formula is C23H18F4N4O4S. The van der Waals surface area contributed by atoms with Gasteiger partial charge in [0.1, 0.15) is 17.7 Å². The average Bonchev–Trinajstić information content (AvgIpc) is 3.00. The van der Waals surface area contributed by atoms with Gasteiger partial charge in [0.25, 0.3) is 11.8 Å². The topological polar surface area (TPSA) is 94.9 Å². The number of fused-ring (bicyclic) bond motifs is 1.